The van der Waals surface area contributed by atoms with Crippen LogP contribution >= 0.6 is 22.9 Å². The van der Waals surface area contributed by atoms with Crippen molar-refractivity contribution in [1.29, 1.82) is 0 Å². The zero-order valence-electron chi connectivity index (χ0n) is 11.7. The summed E-state index contributed by atoms with van der Waals surface area (Å²) in [5, 5.41) is 11.6. The number of carboxylic acid groups (broad SMARTS) is 1. The Balaban J connectivity index is 2.57. The lowest BCUT2D eigenvalue weighted by molar-refractivity contribution is -0.139. The van der Waals surface area contributed by atoms with E-state index in [2.05, 4.69) is 5.32 Å². The summed E-state index contributed by atoms with van der Waals surface area (Å²) in [6, 6.07) is 2.35. The number of nitrogens with zero attached hydrogens (tertiary/aromatic N) is 1. The van der Waals surface area contributed by atoms with E-state index in [1.54, 1.807) is 13.1 Å². The van der Waals surface area contributed by atoms with Gasteiger partial charge in [-0.15, -0.1) is 11.3 Å². The monoisotopic (exact) mass is 318 g/mol. The molecular formula is C13H19ClN2O3S. The second kappa shape index (κ2) is 7.50. The largest absolute Gasteiger partial charge is 0.480 e. The van der Waals surface area contributed by atoms with Gasteiger partial charge in [0, 0.05) is 11.9 Å². The minimum Gasteiger partial charge on any atom is -0.480 e. The number of carbonyl (C=O) groups excluding carboxylic acids is 1. The number of rotatable bonds is 6. The van der Waals surface area contributed by atoms with Crippen LogP contribution in [-0.4, -0.2) is 35.1 Å². The molecule has 0 radical (unpaired) electrons. The molecule has 1 aromatic heterocycles. The zero-order chi connectivity index (χ0) is 15.3. The SMILES string of the molecule is CC(C)C[C@@H](NC(=O)N(C)Cc1ccc(Cl)s1)C(=O)O. The van der Waals surface area contributed by atoms with E-state index in [9.17, 15) is 9.59 Å². The molecule has 0 fully saturated rings. The summed E-state index contributed by atoms with van der Waals surface area (Å²) in [4.78, 5) is 25.5. The van der Waals surface area contributed by atoms with Crippen LogP contribution in [0.25, 0.3) is 0 Å². The Morgan fingerprint density at radius 2 is 2.10 bits per heavy atom. The maximum absolute atomic E-state index is 12.0. The zero-order valence-corrected chi connectivity index (χ0v) is 13.3. The molecule has 0 aliphatic carbocycles. The Morgan fingerprint density at radius 3 is 2.55 bits per heavy atom. The van der Waals surface area contributed by atoms with Crippen molar-refractivity contribution in [1.82, 2.24) is 10.2 Å². The molecule has 0 aromatic carbocycles. The van der Waals surface area contributed by atoms with Gasteiger partial charge in [-0.3, -0.25) is 0 Å². The number of nitrogens with one attached hydrogen (secondary N) is 1. The van der Waals surface area contributed by atoms with E-state index >= 15 is 0 Å². The molecule has 2 N–H and O–H groups in total. The number of hydrogen-bond donors (Lipinski definition) is 2. The van der Waals surface area contributed by atoms with Crippen LogP contribution < -0.4 is 5.32 Å². The number of halogens is 1. The topological polar surface area (TPSA) is 69.6 Å². The molecule has 1 heterocycles. The Kier molecular flexibility index (Phi) is 6.29. The number of carbonyl (C=O) groups is 2. The number of urea groups is 1. The predicted octanol–water partition coefficient (Wildman–Crippen LogP) is 3.04. The van der Waals surface area contributed by atoms with Crippen LogP contribution in [-0.2, 0) is 11.3 Å². The van der Waals surface area contributed by atoms with Crippen LogP contribution in [0.1, 0.15) is 25.1 Å². The lowest BCUT2D eigenvalue weighted by Gasteiger charge is -2.22. The van der Waals surface area contributed by atoms with Gasteiger partial charge in [-0.25, -0.2) is 9.59 Å². The summed E-state index contributed by atoms with van der Waals surface area (Å²) in [6.07, 6.45) is 0.403. The molecule has 0 saturated heterocycles. The summed E-state index contributed by atoms with van der Waals surface area (Å²) in [5.41, 5.74) is 0. The smallest absolute Gasteiger partial charge is 0.326 e. The molecule has 1 atom stereocenters. The van der Waals surface area contributed by atoms with Crippen LogP contribution in [0.3, 0.4) is 0 Å². The highest BCUT2D eigenvalue weighted by atomic mass is 35.5. The highest BCUT2D eigenvalue weighted by Gasteiger charge is 2.22. The first kappa shape index (κ1) is 16.8. The van der Waals surface area contributed by atoms with Gasteiger partial charge in [0.1, 0.15) is 6.04 Å². The summed E-state index contributed by atoms with van der Waals surface area (Å²) >= 11 is 7.23. The third-order valence-electron chi connectivity index (χ3n) is 2.67. The molecular weight excluding hydrogens is 300 g/mol. The standard InChI is InChI=1S/C13H19ClN2O3S/c1-8(2)6-10(12(17)18)15-13(19)16(3)7-9-4-5-11(14)20-9/h4-5,8,10H,6-7H2,1-3H3,(H,15,19)(H,17,18)/t10-/m1/s1. The molecule has 0 unspecified atom stereocenters. The molecule has 2 amide bonds. The molecule has 112 valence electrons. The number of thiophene rings is 1. The highest BCUT2D eigenvalue weighted by molar-refractivity contribution is 7.16. The van der Waals surface area contributed by atoms with Gasteiger partial charge in [-0.1, -0.05) is 25.4 Å². The summed E-state index contributed by atoms with van der Waals surface area (Å²) in [7, 11) is 1.62. The highest BCUT2D eigenvalue weighted by Crippen LogP contribution is 2.22. The maximum atomic E-state index is 12.0. The van der Waals surface area contributed by atoms with E-state index < -0.39 is 18.0 Å². The van der Waals surface area contributed by atoms with E-state index in [1.807, 2.05) is 19.9 Å². The van der Waals surface area contributed by atoms with Gasteiger partial charge in [0.2, 0.25) is 0 Å². The molecule has 5 nitrogen and oxygen atoms in total. The van der Waals surface area contributed by atoms with Gasteiger partial charge < -0.3 is 15.3 Å². The molecule has 1 rings (SSSR count). The Morgan fingerprint density at radius 1 is 1.45 bits per heavy atom. The van der Waals surface area contributed by atoms with Crippen molar-refractivity contribution < 1.29 is 14.7 Å². The first-order chi connectivity index (χ1) is 9.29. The first-order valence-electron chi connectivity index (χ1n) is 6.28. The van der Waals surface area contributed by atoms with Crippen molar-refractivity contribution in [2.75, 3.05) is 7.05 Å². The summed E-state index contributed by atoms with van der Waals surface area (Å²) in [6.45, 7) is 4.23. The fraction of sp³-hybridized carbons (Fsp3) is 0.538. The fourth-order valence-corrected chi connectivity index (χ4v) is 2.84. The summed E-state index contributed by atoms with van der Waals surface area (Å²) in [5.74, 6) is -0.822. The van der Waals surface area contributed by atoms with Crippen molar-refractivity contribution in [3.8, 4) is 0 Å². The van der Waals surface area contributed by atoms with Crippen LogP contribution in [0.15, 0.2) is 12.1 Å². The third kappa shape index (κ3) is 5.38. The molecule has 0 aliphatic rings. The van der Waals surface area contributed by atoms with E-state index in [4.69, 9.17) is 16.7 Å². The fourth-order valence-electron chi connectivity index (χ4n) is 1.69. The van der Waals surface area contributed by atoms with Crippen LogP contribution in [0.5, 0.6) is 0 Å². The Bertz CT molecular complexity index is 476. The first-order valence-corrected chi connectivity index (χ1v) is 7.47. The number of carboxylic acids is 1. The average molecular weight is 319 g/mol. The van der Waals surface area contributed by atoms with Gasteiger partial charge in [0.05, 0.1) is 10.9 Å². The van der Waals surface area contributed by atoms with E-state index in [0.29, 0.717) is 17.3 Å². The minimum absolute atomic E-state index is 0.192. The number of amides is 2. The molecule has 0 spiro atoms. The van der Waals surface area contributed by atoms with Crippen LogP contribution in [0.4, 0.5) is 4.79 Å². The van der Waals surface area contributed by atoms with Gasteiger partial charge in [0.25, 0.3) is 0 Å². The van der Waals surface area contributed by atoms with Crippen molar-refractivity contribution in [3.05, 3.63) is 21.3 Å². The average Bonchev–Trinajstić information content (AvgIpc) is 2.72. The predicted molar refractivity (Wildman–Crippen MR) is 80.2 cm³/mol. The van der Waals surface area contributed by atoms with Crippen LogP contribution in [0.2, 0.25) is 4.34 Å². The second-order valence-electron chi connectivity index (χ2n) is 5.03. The van der Waals surface area contributed by atoms with Gasteiger partial charge in [-0.2, -0.15) is 0 Å². The Hall–Kier alpha value is -1.27. The quantitative estimate of drug-likeness (QED) is 0.847. The molecule has 0 aliphatic heterocycles. The molecule has 7 heteroatoms. The lowest BCUT2D eigenvalue weighted by atomic mass is 10.0. The van der Waals surface area contributed by atoms with E-state index in [1.165, 1.54) is 16.2 Å². The van der Waals surface area contributed by atoms with Gasteiger partial charge >= 0.3 is 12.0 Å². The second-order valence-corrected chi connectivity index (χ2v) is 6.83. The lowest BCUT2D eigenvalue weighted by Crippen LogP contribution is -2.46. The van der Waals surface area contributed by atoms with E-state index in [-0.39, 0.29) is 5.92 Å². The van der Waals surface area contributed by atoms with E-state index in [0.717, 1.165) is 4.88 Å². The maximum Gasteiger partial charge on any atom is 0.326 e. The number of aliphatic carboxylic acids is 1. The van der Waals surface area contributed by atoms with Crippen molar-refractivity contribution in [2.45, 2.75) is 32.9 Å². The normalized spacial score (nSPS) is 12.2. The Labute approximate surface area is 127 Å². The molecule has 20 heavy (non-hydrogen) atoms. The van der Waals surface area contributed by atoms with Crippen molar-refractivity contribution >= 4 is 34.9 Å². The van der Waals surface area contributed by atoms with Gasteiger partial charge in [-0.05, 0) is 24.5 Å². The van der Waals surface area contributed by atoms with Gasteiger partial charge in [0.15, 0.2) is 0 Å². The molecule has 1 aromatic rings. The number of hydrogen-bond acceptors (Lipinski definition) is 3. The summed E-state index contributed by atoms with van der Waals surface area (Å²) < 4.78 is 0.664. The van der Waals surface area contributed by atoms with Crippen LogP contribution in [0, 0.1) is 5.92 Å². The van der Waals surface area contributed by atoms with Crippen molar-refractivity contribution in [3.63, 3.8) is 0 Å². The van der Waals surface area contributed by atoms with Crippen molar-refractivity contribution in [2.24, 2.45) is 5.92 Å². The molecule has 0 bridgehead atoms. The minimum atomic E-state index is -1.01. The molecule has 0 saturated carbocycles. The third-order valence-corrected chi connectivity index (χ3v) is 3.89.